The molecule has 0 saturated carbocycles. The van der Waals surface area contributed by atoms with E-state index in [2.05, 4.69) is 26.0 Å². The maximum absolute atomic E-state index is 12.7. The maximum Gasteiger partial charge on any atom is 0.348 e. The van der Waals surface area contributed by atoms with E-state index < -0.39 is 16.0 Å². The van der Waals surface area contributed by atoms with Gasteiger partial charge in [-0.15, -0.1) is 11.3 Å². The van der Waals surface area contributed by atoms with Gasteiger partial charge in [0.1, 0.15) is 9.77 Å². The molecule has 0 amide bonds. The third kappa shape index (κ3) is 2.91. The third-order valence-electron chi connectivity index (χ3n) is 3.07. The maximum atomic E-state index is 12.7. The van der Waals surface area contributed by atoms with Crippen LogP contribution >= 0.6 is 27.3 Å². The van der Waals surface area contributed by atoms with E-state index in [1.807, 2.05) is 6.92 Å². The molecule has 0 radical (unpaired) electrons. The molecule has 1 aromatic heterocycles. The molecular weight excluding hydrogens is 368 g/mol. The third-order valence-corrected chi connectivity index (χ3v) is 7.31. The van der Waals surface area contributed by atoms with Gasteiger partial charge in [0.25, 0.3) is 0 Å². The summed E-state index contributed by atoms with van der Waals surface area (Å²) >= 11 is 4.29. The lowest BCUT2D eigenvalue weighted by Gasteiger charge is -2.32. The number of nitrogens with one attached hydrogen (secondary N) is 1. The molecule has 1 atom stereocenters. The predicted molar refractivity (Wildman–Crippen MR) is 79.6 cm³/mol. The monoisotopic (exact) mass is 382 g/mol. The van der Waals surface area contributed by atoms with Crippen LogP contribution in [0.15, 0.2) is 14.7 Å². The highest BCUT2D eigenvalue weighted by Crippen LogP contribution is 2.34. The fourth-order valence-electron chi connectivity index (χ4n) is 2.03. The lowest BCUT2D eigenvalue weighted by atomic mass is 10.3. The van der Waals surface area contributed by atoms with Gasteiger partial charge in [-0.05, 0) is 28.9 Å². The van der Waals surface area contributed by atoms with Crippen molar-refractivity contribution in [3.8, 4) is 0 Å². The Labute approximate surface area is 130 Å². The molecule has 112 valence electrons. The van der Waals surface area contributed by atoms with E-state index in [-0.39, 0.29) is 15.8 Å². The van der Waals surface area contributed by atoms with Crippen molar-refractivity contribution >= 4 is 43.3 Å². The number of nitrogens with zero attached hydrogens (tertiary/aromatic N) is 1. The number of ether oxygens (including phenoxy) is 1. The Morgan fingerprint density at radius 1 is 1.60 bits per heavy atom. The summed E-state index contributed by atoms with van der Waals surface area (Å²) < 4.78 is 31.8. The van der Waals surface area contributed by atoms with Crippen molar-refractivity contribution in [3.05, 3.63) is 14.7 Å². The van der Waals surface area contributed by atoms with E-state index in [9.17, 15) is 13.2 Å². The number of rotatable bonds is 3. The summed E-state index contributed by atoms with van der Waals surface area (Å²) in [6.07, 6.45) is 0. The fraction of sp³-hybridized carbons (Fsp3) is 0.545. The predicted octanol–water partition coefficient (Wildman–Crippen LogP) is 1.28. The molecule has 9 heteroatoms. The van der Waals surface area contributed by atoms with E-state index in [1.165, 1.54) is 17.5 Å². The van der Waals surface area contributed by atoms with Crippen molar-refractivity contribution in [1.29, 1.82) is 0 Å². The minimum absolute atomic E-state index is 0.122. The second-order valence-electron chi connectivity index (χ2n) is 4.41. The van der Waals surface area contributed by atoms with Crippen LogP contribution in [0.4, 0.5) is 0 Å². The van der Waals surface area contributed by atoms with E-state index in [1.54, 1.807) is 0 Å². The first-order valence-electron chi connectivity index (χ1n) is 5.98. The van der Waals surface area contributed by atoms with Crippen molar-refractivity contribution in [2.75, 3.05) is 26.7 Å². The van der Waals surface area contributed by atoms with Crippen LogP contribution in [-0.2, 0) is 14.8 Å². The van der Waals surface area contributed by atoms with Gasteiger partial charge < -0.3 is 10.1 Å². The van der Waals surface area contributed by atoms with Crippen molar-refractivity contribution in [3.63, 3.8) is 0 Å². The highest BCUT2D eigenvalue weighted by Gasteiger charge is 2.34. The Morgan fingerprint density at radius 2 is 2.30 bits per heavy atom. The van der Waals surface area contributed by atoms with Gasteiger partial charge in [-0.3, -0.25) is 0 Å². The molecule has 20 heavy (non-hydrogen) atoms. The van der Waals surface area contributed by atoms with Gasteiger partial charge in [-0.1, -0.05) is 0 Å². The van der Waals surface area contributed by atoms with Crippen LogP contribution in [-0.4, -0.2) is 51.5 Å². The molecule has 2 rings (SSSR count). The first kappa shape index (κ1) is 15.9. The van der Waals surface area contributed by atoms with Crippen LogP contribution in [0.2, 0.25) is 0 Å². The topological polar surface area (TPSA) is 75.7 Å². The minimum Gasteiger partial charge on any atom is -0.465 e. The second kappa shape index (κ2) is 6.10. The Bertz CT molecular complexity index is 614. The zero-order chi connectivity index (χ0) is 14.9. The Balaban J connectivity index is 2.39. The van der Waals surface area contributed by atoms with Gasteiger partial charge in [0, 0.05) is 25.7 Å². The molecule has 1 aliphatic rings. The van der Waals surface area contributed by atoms with E-state index in [4.69, 9.17) is 0 Å². The number of thiophene rings is 1. The Morgan fingerprint density at radius 3 is 2.90 bits per heavy atom. The Hall–Kier alpha value is -0.480. The molecular formula is C11H15BrN2O4S2. The van der Waals surface area contributed by atoms with E-state index >= 15 is 0 Å². The zero-order valence-corrected chi connectivity index (χ0v) is 14.3. The Kier molecular flexibility index (Phi) is 4.85. The van der Waals surface area contributed by atoms with Gasteiger partial charge in [0.15, 0.2) is 0 Å². The average Bonchev–Trinajstić information content (AvgIpc) is 2.81. The number of sulfonamides is 1. The SMILES string of the molecule is COC(=O)c1cc(S(=O)(=O)N2CCNC[C@@H]2C)c(Br)s1. The normalized spacial score (nSPS) is 20.9. The first-order chi connectivity index (χ1) is 9.37. The quantitative estimate of drug-likeness (QED) is 0.796. The van der Waals surface area contributed by atoms with E-state index in [0.717, 1.165) is 11.3 Å². The summed E-state index contributed by atoms with van der Waals surface area (Å²) in [5, 5.41) is 3.15. The molecule has 0 unspecified atom stereocenters. The molecule has 1 saturated heterocycles. The van der Waals surface area contributed by atoms with Gasteiger partial charge in [-0.2, -0.15) is 4.31 Å². The number of methoxy groups -OCH3 is 1. The number of esters is 1. The van der Waals surface area contributed by atoms with Crippen molar-refractivity contribution < 1.29 is 17.9 Å². The number of carbonyl (C=O) groups is 1. The van der Waals surface area contributed by atoms with Crippen molar-refractivity contribution in [2.45, 2.75) is 17.9 Å². The van der Waals surface area contributed by atoms with Crippen LogP contribution in [0.3, 0.4) is 0 Å². The van der Waals surface area contributed by atoms with Crippen molar-refractivity contribution in [2.24, 2.45) is 0 Å². The largest absolute Gasteiger partial charge is 0.465 e. The smallest absolute Gasteiger partial charge is 0.348 e. The molecule has 0 bridgehead atoms. The zero-order valence-electron chi connectivity index (χ0n) is 11.1. The minimum atomic E-state index is -3.61. The number of hydrogen-bond donors (Lipinski definition) is 1. The molecule has 0 spiro atoms. The molecule has 0 aliphatic carbocycles. The van der Waals surface area contributed by atoms with Crippen LogP contribution in [0.25, 0.3) is 0 Å². The molecule has 6 nitrogen and oxygen atoms in total. The number of hydrogen-bond acceptors (Lipinski definition) is 6. The molecule has 1 fully saturated rings. The van der Waals surface area contributed by atoms with Crippen LogP contribution in [0, 0.1) is 0 Å². The van der Waals surface area contributed by atoms with Crippen LogP contribution in [0.5, 0.6) is 0 Å². The number of halogens is 1. The van der Waals surface area contributed by atoms with Crippen molar-refractivity contribution in [1.82, 2.24) is 9.62 Å². The number of carbonyl (C=O) groups excluding carboxylic acids is 1. The summed E-state index contributed by atoms with van der Waals surface area (Å²) in [7, 11) is -2.35. The summed E-state index contributed by atoms with van der Waals surface area (Å²) in [6.45, 7) is 3.50. The molecule has 1 N–H and O–H groups in total. The number of piperazine rings is 1. The molecule has 2 heterocycles. The lowest BCUT2D eigenvalue weighted by molar-refractivity contribution is 0.0606. The molecule has 0 aromatic carbocycles. The van der Waals surface area contributed by atoms with Gasteiger partial charge in [0.05, 0.1) is 10.9 Å². The standard InChI is InChI=1S/C11H15BrN2O4S2/c1-7-6-13-3-4-14(7)20(16,17)9-5-8(11(15)18-2)19-10(9)12/h5,7,13H,3-4,6H2,1-2H3/t7-/m0/s1. The van der Waals surface area contributed by atoms with Crippen LogP contribution in [0.1, 0.15) is 16.6 Å². The van der Waals surface area contributed by atoms with Gasteiger partial charge in [-0.25, -0.2) is 13.2 Å². The average molecular weight is 383 g/mol. The summed E-state index contributed by atoms with van der Waals surface area (Å²) in [5.41, 5.74) is 0. The van der Waals surface area contributed by atoms with Gasteiger partial charge >= 0.3 is 5.97 Å². The highest BCUT2D eigenvalue weighted by atomic mass is 79.9. The molecule has 1 aromatic rings. The summed E-state index contributed by atoms with van der Waals surface area (Å²) in [6, 6.07) is 1.24. The van der Waals surface area contributed by atoms with E-state index in [0.29, 0.717) is 23.4 Å². The highest BCUT2D eigenvalue weighted by molar-refractivity contribution is 9.11. The summed E-state index contributed by atoms with van der Waals surface area (Å²) in [5.74, 6) is -0.537. The molecule has 1 aliphatic heterocycles. The second-order valence-corrected chi connectivity index (χ2v) is 8.64. The lowest BCUT2D eigenvalue weighted by Crippen LogP contribution is -2.52. The first-order valence-corrected chi connectivity index (χ1v) is 9.03. The van der Waals surface area contributed by atoms with Gasteiger partial charge in [0.2, 0.25) is 10.0 Å². The fourth-order valence-corrected chi connectivity index (χ4v) is 6.10. The van der Waals surface area contributed by atoms with Crippen LogP contribution < -0.4 is 5.32 Å². The summed E-state index contributed by atoms with van der Waals surface area (Å²) in [4.78, 5) is 11.9.